The maximum atomic E-state index is 5.57. The maximum absolute atomic E-state index is 5.57. The van der Waals surface area contributed by atoms with E-state index < -0.39 is 0 Å². The van der Waals surface area contributed by atoms with Crippen molar-refractivity contribution in [1.29, 1.82) is 0 Å². The minimum atomic E-state index is 0. The van der Waals surface area contributed by atoms with E-state index in [4.69, 9.17) is 22.9 Å². The van der Waals surface area contributed by atoms with Gasteiger partial charge >= 0.3 is 0 Å². The number of nitrogens with two attached hydrogens (primary N) is 4. The van der Waals surface area contributed by atoms with Crippen LogP contribution in [0.15, 0.2) is 58.5 Å². The van der Waals surface area contributed by atoms with E-state index in [-0.39, 0.29) is 42.1 Å². The lowest BCUT2D eigenvalue weighted by Crippen LogP contribution is -2.56. The lowest BCUT2D eigenvalue weighted by Gasteiger charge is -2.62. The summed E-state index contributed by atoms with van der Waals surface area (Å²) in [6.07, 6.45) is 6.70. The largest absolute Gasteiger partial charge is 0.370 e. The van der Waals surface area contributed by atoms with Crippen molar-refractivity contribution in [2.45, 2.75) is 37.5 Å². The molecule has 0 unspecified atom stereocenters. The molecule has 2 aromatic rings. The van der Waals surface area contributed by atoms with Gasteiger partial charge in [-0.15, -0.1) is 24.8 Å². The number of rotatable bonds is 4. The summed E-state index contributed by atoms with van der Waals surface area (Å²) in [7, 11) is 0. The summed E-state index contributed by atoms with van der Waals surface area (Å²) in [6.45, 7) is 0. The number of hydrogen-bond acceptors (Lipinski definition) is 2. The van der Waals surface area contributed by atoms with E-state index >= 15 is 0 Å². The molecule has 6 nitrogen and oxygen atoms in total. The van der Waals surface area contributed by atoms with Crippen LogP contribution in [0.4, 0.5) is 11.4 Å². The maximum Gasteiger partial charge on any atom is 0.191 e. The van der Waals surface area contributed by atoms with Crippen molar-refractivity contribution in [3.05, 3.63) is 59.7 Å². The molecule has 8 heteroatoms. The van der Waals surface area contributed by atoms with Gasteiger partial charge in [0.1, 0.15) is 0 Å². The van der Waals surface area contributed by atoms with Gasteiger partial charge < -0.3 is 22.9 Å². The number of halogens is 2. The van der Waals surface area contributed by atoms with Gasteiger partial charge in [-0.1, -0.05) is 24.3 Å². The second kappa shape index (κ2) is 9.20. The van der Waals surface area contributed by atoms with Crippen molar-refractivity contribution < 1.29 is 0 Å². The van der Waals surface area contributed by atoms with E-state index in [1.54, 1.807) is 0 Å². The molecule has 0 aliphatic heterocycles. The zero-order valence-corrected chi connectivity index (χ0v) is 19.6. The zero-order valence-electron chi connectivity index (χ0n) is 18.0. The number of aliphatic imine (C=N–C) groups is 2. The molecule has 4 aliphatic carbocycles. The molecule has 8 N–H and O–H groups in total. The first-order chi connectivity index (χ1) is 14.4. The van der Waals surface area contributed by atoms with Gasteiger partial charge in [0.15, 0.2) is 11.9 Å². The van der Waals surface area contributed by atoms with E-state index in [0.29, 0.717) is 11.8 Å². The molecule has 0 radical (unpaired) electrons. The van der Waals surface area contributed by atoms with E-state index in [1.807, 2.05) is 24.3 Å². The zero-order chi connectivity index (χ0) is 20.9. The third-order valence-electron chi connectivity index (χ3n) is 7.63. The standard InChI is InChI=1S/C24H30N6.2ClH/c25-22(26)29-20-5-1-16(2-6-20)24(17-3-7-21(8-4-17)30-23(27)28)18-10-14-9-15(12-18)13-19(24)11-14;;/h1-8,14-15,18-19H,9-13H2,(H4,25,26,29)(H4,27,28,30);2*1H. The van der Waals surface area contributed by atoms with Crippen molar-refractivity contribution in [1.82, 2.24) is 0 Å². The molecule has 4 fully saturated rings. The molecular weight excluding hydrogens is 443 g/mol. The summed E-state index contributed by atoms with van der Waals surface area (Å²) in [4.78, 5) is 8.41. The predicted molar refractivity (Wildman–Crippen MR) is 136 cm³/mol. The average Bonchev–Trinajstić information content (AvgIpc) is 2.69. The van der Waals surface area contributed by atoms with Gasteiger partial charge in [-0.05, 0) is 91.2 Å². The van der Waals surface area contributed by atoms with Crippen molar-refractivity contribution in [2.75, 3.05) is 0 Å². The van der Waals surface area contributed by atoms with Crippen LogP contribution in [0, 0.1) is 23.7 Å². The van der Waals surface area contributed by atoms with Gasteiger partial charge in [-0.25, -0.2) is 9.98 Å². The van der Waals surface area contributed by atoms with Gasteiger partial charge in [0.05, 0.1) is 11.4 Å². The van der Waals surface area contributed by atoms with Crippen molar-refractivity contribution in [3.8, 4) is 0 Å². The SMILES string of the molecule is Cl.Cl.NC(N)=Nc1ccc(C2(c3ccc(N=C(N)N)cc3)C3CC4CC(C3)CC2C4)cc1. The Bertz CT molecular complexity index is 901. The molecule has 172 valence electrons. The Morgan fingerprint density at radius 3 is 1.25 bits per heavy atom. The van der Waals surface area contributed by atoms with Crippen molar-refractivity contribution in [2.24, 2.45) is 56.6 Å². The number of guanidine groups is 2. The first-order valence-corrected chi connectivity index (χ1v) is 10.9. The molecule has 0 atom stereocenters. The quantitative estimate of drug-likeness (QED) is 0.392. The van der Waals surface area contributed by atoms with Gasteiger partial charge in [0, 0.05) is 5.41 Å². The monoisotopic (exact) mass is 474 g/mol. The Balaban J connectivity index is 0.00000144. The highest BCUT2D eigenvalue weighted by atomic mass is 35.5. The Morgan fingerprint density at radius 1 is 0.594 bits per heavy atom. The van der Waals surface area contributed by atoms with Crippen LogP contribution in [0.2, 0.25) is 0 Å². The molecular formula is C24H32Cl2N6. The highest BCUT2D eigenvalue weighted by Crippen LogP contribution is 2.65. The summed E-state index contributed by atoms with van der Waals surface area (Å²) in [5.41, 5.74) is 26.6. The second-order valence-electron chi connectivity index (χ2n) is 9.34. The second-order valence-corrected chi connectivity index (χ2v) is 9.34. The minimum Gasteiger partial charge on any atom is -0.370 e. The number of benzene rings is 2. The minimum absolute atomic E-state index is 0. The predicted octanol–water partition coefficient (Wildman–Crippen LogP) is 4.08. The fourth-order valence-electron chi connectivity index (χ4n) is 6.96. The van der Waals surface area contributed by atoms with Crippen LogP contribution in [-0.2, 0) is 5.41 Å². The van der Waals surface area contributed by atoms with Crippen LogP contribution in [0.3, 0.4) is 0 Å². The molecule has 0 heterocycles. The van der Waals surface area contributed by atoms with Gasteiger partial charge in [0.25, 0.3) is 0 Å². The average molecular weight is 475 g/mol. The lowest BCUT2D eigenvalue weighted by atomic mass is 9.42. The Kier molecular flexibility index (Phi) is 6.96. The van der Waals surface area contributed by atoms with E-state index in [1.165, 1.54) is 43.2 Å². The summed E-state index contributed by atoms with van der Waals surface area (Å²) < 4.78 is 0. The van der Waals surface area contributed by atoms with Crippen molar-refractivity contribution >= 4 is 48.1 Å². The van der Waals surface area contributed by atoms with Crippen molar-refractivity contribution in [3.63, 3.8) is 0 Å². The van der Waals surface area contributed by atoms with Crippen LogP contribution in [0.1, 0.15) is 43.2 Å². The molecule has 0 amide bonds. The fourth-order valence-corrected chi connectivity index (χ4v) is 6.96. The third kappa shape index (κ3) is 4.02. The molecule has 32 heavy (non-hydrogen) atoms. The smallest absolute Gasteiger partial charge is 0.191 e. The highest BCUT2D eigenvalue weighted by Gasteiger charge is 2.58. The topological polar surface area (TPSA) is 129 Å². The Hall–Kier alpha value is -2.44. The first kappa shape index (κ1) is 24.2. The van der Waals surface area contributed by atoms with Crippen LogP contribution in [0.25, 0.3) is 0 Å². The summed E-state index contributed by atoms with van der Waals surface area (Å²) in [6, 6.07) is 17.1. The molecule has 4 bridgehead atoms. The molecule has 4 aliphatic rings. The van der Waals surface area contributed by atoms with Crippen LogP contribution >= 0.6 is 24.8 Å². The fraction of sp³-hybridized carbons (Fsp3) is 0.417. The third-order valence-corrected chi connectivity index (χ3v) is 7.63. The van der Waals surface area contributed by atoms with Crippen LogP contribution in [0.5, 0.6) is 0 Å². The Morgan fingerprint density at radius 2 is 0.938 bits per heavy atom. The van der Waals surface area contributed by atoms with Gasteiger partial charge in [0.2, 0.25) is 0 Å². The lowest BCUT2D eigenvalue weighted by molar-refractivity contribution is -0.0418. The van der Waals surface area contributed by atoms with E-state index in [2.05, 4.69) is 34.3 Å². The van der Waals surface area contributed by atoms with Gasteiger partial charge in [-0.2, -0.15) is 0 Å². The van der Waals surface area contributed by atoms with Crippen LogP contribution in [-0.4, -0.2) is 11.9 Å². The molecule has 2 aromatic carbocycles. The Labute approximate surface area is 201 Å². The number of hydrogen-bond donors (Lipinski definition) is 4. The van der Waals surface area contributed by atoms with Crippen LogP contribution < -0.4 is 22.9 Å². The summed E-state index contributed by atoms with van der Waals surface area (Å²) in [5, 5.41) is 0. The summed E-state index contributed by atoms with van der Waals surface area (Å²) >= 11 is 0. The van der Waals surface area contributed by atoms with Gasteiger partial charge in [-0.3, -0.25) is 0 Å². The van der Waals surface area contributed by atoms with E-state index in [0.717, 1.165) is 23.2 Å². The number of nitrogens with zero attached hydrogens (tertiary/aromatic N) is 2. The highest BCUT2D eigenvalue weighted by molar-refractivity contribution is 5.85. The van der Waals surface area contributed by atoms with E-state index in [9.17, 15) is 0 Å². The summed E-state index contributed by atoms with van der Waals surface area (Å²) in [5.74, 6) is 3.28. The molecule has 0 spiro atoms. The normalized spacial score (nSPS) is 26.4. The molecule has 0 aromatic heterocycles. The molecule has 0 saturated heterocycles. The first-order valence-electron chi connectivity index (χ1n) is 10.9. The molecule has 6 rings (SSSR count). The molecule has 4 saturated carbocycles.